The molecular formula is C14H19NO5. The largest absolute Gasteiger partial charge is 0.490 e. The first-order chi connectivity index (χ1) is 9.54. The molecule has 0 bridgehead atoms. The fourth-order valence-corrected chi connectivity index (χ4v) is 1.63. The molecule has 110 valence electrons. The smallest absolute Gasteiger partial charge is 0.305 e. The quantitative estimate of drug-likeness (QED) is 0.702. The van der Waals surface area contributed by atoms with Crippen molar-refractivity contribution in [2.24, 2.45) is 0 Å². The van der Waals surface area contributed by atoms with E-state index in [2.05, 4.69) is 5.32 Å². The lowest BCUT2D eigenvalue weighted by molar-refractivity contribution is -0.137. The molecule has 20 heavy (non-hydrogen) atoms. The van der Waals surface area contributed by atoms with E-state index in [-0.39, 0.29) is 12.3 Å². The van der Waals surface area contributed by atoms with Gasteiger partial charge in [-0.05, 0) is 19.1 Å². The number of aliphatic carboxylic acids is 1. The van der Waals surface area contributed by atoms with E-state index >= 15 is 0 Å². The van der Waals surface area contributed by atoms with Crippen LogP contribution in [0.2, 0.25) is 0 Å². The van der Waals surface area contributed by atoms with Crippen LogP contribution in [0, 0.1) is 0 Å². The summed E-state index contributed by atoms with van der Waals surface area (Å²) in [7, 11) is 1.57. The second kappa shape index (κ2) is 8.16. The van der Waals surface area contributed by atoms with Gasteiger partial charge in [-0.25, -0.2) is 0 Å². The monoisotopic (exact) mass is 281 g/mol. The van der Waals surface area contributed by atoms with Crippen molar-refractivity contribution in [3.8, 4) is 5.75 Å². The number of hydrogen-bond acceptors (Lipinski definition) is 4. The van der Waals surface area contributed by atoms with Crippen LogP contribution in [0.1, 0.15) is 23.7 Å². The van der Waals surface area contributed by atoms with Gasteiger partial charge >= 0.3 is 5.97 Å². The van der Waals surface area contributed by atoms with Crippen LogP contribution in [0.5, 0.6) is 5.75 Å². The summed E-state index contributed by atoms with van der Waals surface area (Å²) in [6.07, 6.45) is -0.127. The van der Waals surface area contributed by atoms with Crippen molar-refractivity contribution in [2.75, 3.05) is 20.3 Å². The van der Waals surface area contributed by atoms with E-state index in [1.54, 1.807) is 38.3 Å². The molecule has 0 aliphatic heterocycles. The maximum atomic E-state index is 12.1. The lowest BCUT2D eigenvalue weighted by Gasteiger charge is -2.14. The molecule has 1 unspecified atom stereocenters. The summed E-state index contributed by atoms with van der Waals surface area (Å²) in [6.45, 7) is 2.40. The maximum Gasteiger partial charge on any atom is 0.305 e. The second-order valence-corrected chi connectivity index (χ2v) is 4.31. The number of para-hydroxylation sites is 1. The molecule has 0 aliphatic rings. The van der Waals surface area contributed by atoms with E-state index in [0.717, 1.165) is 0 Å². The third-order valence-corrected chi connectivity index (χ3v) is 2.54. The molecule has 0 heterocycles. The lowest BCUT2D eigenvalue weighted by Crippen LogP contribution is -2.34. The molecule has 1 amide bonds. The minimum absolute atomic E-state index is 0.127. The van der Waals surface area contributed by atoms with Gasteiger partial charge in [0.25, 0.3) is 5.91 Å². The van der Waals surface area contributed by atoms with Crippen molar-refractivity contribution in [2.45, 2.75) is 19.4 Å². The predicted octanol–water partition coefficient (Wildman–Crippen LogP) is 1.30. The number of hydrogen-bond donors (Lipinski definition) is 2. The van der Waals surface area contributed by atoms with Crippen LogP contribution < -0.4 is 10.1 Å². The van der Waals surface area contributed by atoms with Gasteiger partial charge in [0, 0.05) is 13.2 Å². The van der Waals surface area contributed by atoms with E-state index in [4.69, 9.17) is 14.6 Å². The third-order valence-electron chi connectivity index (χ3n) is 2.54. The Kier molecular flexibility index (Phi) is 6.52. The van der Waals surface area contributed by atoms with Crippen LogP contribution in [0.3, 0.4) is 0 Å². The number of carbonyl (C=O) groups excluding carboxylic acids is 1. The highest BCUT2D eigenvalue weighted by atomic mass is 16.5. The zero-order valence-corrected chi connectivity index (χ0v) is 11.6. The van der Waals surface area contributed by atoms with E-state index in [1.807, 2.05) is 0 Å². The van der Waals surface area contributed by atoms with Crippen molar-refractivity contribution < 1.29 is 24.2 Å². The molecule has 6 heteroatoms. The van der Waals surface area contributed by atoms with E-state index in [0.29, 0.717) is 24.5 Å². The number of carbonyl (C=O) groups is 2. The van der Waals surface area contributed by atoms with Gasteiger partial charge in [0.05, 0.1) is 18.6 Å². The Morgan fingerprint density at radius 3 is 2.65 bits per heavy atom. The highest BCUT2D eigenvalue weighted by Gasteiger charge is 2.16. The maximum absolute atomic E-state index is 12.1. The molecule has 1 rings (SSSR count). The molecule has 1 atom stereocenters. The summed E-state index contributed by atoms with van der Waals surface area (Å²) in [5.41, 5.74) is 0.376. The normalized spacial score (nSPS) is 11.7. The van der Waals surface area contributed by atoms with Crippen molar-refractivity contribution >= 4 is 11.9 Å². The molecule has 1 aromatic rings. The second-order valence-electron chi connectivity index (χ2n) is 4.31. The zero-order chi connectivity index (χ0) is 15.0. The molecule has 0 aliphatic carbocycles. The number of amides is 1. The average molecular weight is 281 g/mol. The fraction of sp³-hybridized carbons (Fsp3) is 0.429. The van der Waals surface area contributed by atoms with Gasteiger partial charge in [-0.2, -0.15) is 0 Å². The Hall–Kier alpha value is -2.08. The minimum atomic E-state index is -0.956. The van der Waals surface area contributed by atoms with Gasteiger partial charge in [-0.1, -0.05) is 12.1 Å². The number of benzene rings is 1. The Bertz CT molecular complexity index is 461. The Morgan fingerprint density at radius 2 is 2.00 bits per heavy atom. The van der Waals surface area contributed by atoms with Crippen LogP contribution >= 0.6 is 0 Å². The number of rotatable bonds is 8. The SMILES string of the molecule is COCCOc1ccccc1C(=O)NC(C)CC(=O)O. The first-order valence-electron chi connectivity index (χ1n) is 6.28. The highest BCUT2D eigenvalue weighted by molar-refractivity contribution is 5.97. The summed E-state index contributed by atoms with van der Waals surface area (Å²) in [5, 5.41) is 11.3. The molecule has 6 nitrogen and oxygen atoms in total. The summed E-state index contributed by atoms with van der Waals surface area (Å²) in [4.78, 5) is 22.7. The van der Waals surface area contributed by atoms with Gasteiger partial charge < -0.3 is 19.9 Å². The number of carboxylic acid groups (broad SMARTS) is 1. The van der Waals surface area contributed by atoms with Gasteiger partial charge in [0.1, 0.15) is 12.4 Å². The molecule has 2 N–H and O–H groups in total. The minimum Gasteiger partial charge on any atom is -0.490 e. The van der Waals surface area contributed by atoms with E-state index in [9.17, 15) is 9.59 Å². The number of methoxy groups -OCH3 is 1. The molecule has 1 aromatic carbocycles. The summed E-state index contributed by atoms with van der Waals surface area (Å²) >= 11 is 0. The molecule has 0 aromatic heterocycles. The molecular weight excluding hydrogens is 262 g/mol. The first-order valence-corrected chi connectivity index (χ1v) is 6.28. The number of ether oxygens (including phenoxy) is 2. The fourth-order valence-electron chi connectivity index (χ4n) is 1.63. The Morgan fingerprint density at radius 1 is 1.30 bits per heavy atom. The van der Waals surface area contributed by atoms with Crippen LogP contribution in [-0.4, -0.2) is 43.3 Å². The van der Waals surface area contributed by atoms with Crippen LogP contribution in [-0.2, 0) is 9.53 Å². The summed E-state index contributed by atoms with van der Waals surface area (Å²) in [6, 6.07) is 6.35. The van der Waals surface area contributed by atoms with Crippen molar-refractivity contribution in [1.82, 2.24) is 5.32 Å². The zero-order valence-electron chi connectivity index (χ0n) is 11.6. The van der Waals surface area contributed by atoms with E-state index < -0.39 is 12.0 Å². The van der Waals surface area contributed by atoms with Crippen LogP contribution in [0.4, 0.5) is 0 Å². The van der Waals surface area contributed by atoms with Gasteiger partial charge in [0.15, 0.2) is 0 Å². The summed E-state index contributed by atoms with van der Waals surface area (Å²) in [5.74, 6) is -0.862. The molecule has 0 saturated heterocycles. The van der Waals surface area contributed by atoms with E-state index in [1.165, 1.54) is 0 Å². The van der Waals surface area contributed by atoms with Crippen LogP contribution in [0.25, 0.3) is 0 Å². The Labute approximate surface area is 117 Å². The molecule has 0 spiro atoms. The average Bonchev–Trinajstić information content (AvgIpc) is 2.38. The predicted molar refractivity (Wildman–Crippen MR) is 73.0 cm³/mol. The topological polar surface area (TPSA) is 84.9 Å². The Balaban J connectivity index is 2.69. The van der Waals surface area contributed by atoms with Crippen molar-refractivity contribution in [3.63, 3.8) is 0 Å². The van der Waals surface area contributed by atoms with Gasteiger partial charge in [0.2, 0.25) is 0 Å². The summed E-state index contributed by atoms with van der Waals surface area (Å²) < 4.78 is 10.3. The lowest BCUT2D eigenvalue weighted by atomic mass is 10.1. The van der Waals surface area contributed by atoms with Crippen molar-refractivity contribution in [3.05, 3.63) is 29.8 Å². The standard InChI is InChI=1S/C14H19NO5/c1-10(9-13(16)17)15-14(18)11-5-3-4-6-12(11)20-8-7-19-2/h3-6,10H,7-9H2,1-2H3,(H,15,18)(H,16,17). The molecule has 0 fully saturated rings. The molecule has 0 radical (unpaired) electrons. The van der Waals surface area contributed by atoms with Crippen LogP contribution in [0.15, 0.2) is 24.3 Å². The van der Waals surface area contributed by atoms with Gasteiger partial charge in [-0.3, -0.25) is 9.59 Å². The third kappa shape index (κ3) is 5.27. The number of nitrogens with one attached hydrogen (secondary N) is 1. The van der Waals surface area contributed by atoms with Gasteiger partial charge in [-0.15, -0.1) is 0 Å². The van der Waals surface area contributed by atoms with Crippen molar-refractivity contribution in [1.29, 1.82) is 0 Å². The highest BCUT2D eigenvalue weighted by Crippen LogP contribution is 2.18. The molecule has 0 saturated carbocycles. The number of carboxylic acids is 1. The first kappa shape index (κ1) is 16.0.